The summed E-state index contributed by atoms with van der Waals surface area (Å²) in [6.07, 6.45) is 0.489. The van der Waals surface area contributed by atoms with E-state index in [0.717, 1.165) is 5.69 Å². The quantitative estimate of drug-likeness (QED) is 0.862. The lowest BCUT2D eigenvalue weighted by Crippen LogP contribution is -2.20. The van der Waals surface area contributed by atoms with Crippen molar-refractivity contribution in [3.05, 3.63) is 46.6 Å². The molecule has 0 saturated carbocycles. The normalized spacial score (nSPS) is 19.5. The Balaban J connectivity index is 1.96. The van der Waals surface area contributed by atoms with Gasteiger partial charge in [-0.1, -0.05) is 44.5 Å². The van der Waals surface area contributed by atoms with Crippen molar-refractivity contribution in [1.29, 1.82) is 0 Å². The van der Waals surface area contributed by atoms with Crippen LogP contribution in [0.5, 0.6) is 0 Å². The highest BCUT2D eigenvalue weighted by atomic mass is 35.5. The lowest BCUT2D eigenvalue weighted by Gasteiger charge is -2.15. The molecule has 1 N–H and O–H groups in total. The van der Waals surface area contributed by atoms with Gasteiger partial charge in [0, 0.05) is 11.5 Å². The molecule has 2 heterocycles. The summed E-state index contributed by atoms with van der Waals surface area (Å²) in [6, 6.07) is 8.31. The molecule has 2 aromatic rings. The highest BCUT2D eigenvalue weighted by Gasteiger charge is 2.33. The van der Waals surface area contributed by atoms with Crippen LogP contribution in [-0.4, -0.2) is 35.6 Å². The van der Waals surface area contributed by atoms with E-state index in [9.17, 15) is 13.2 Å². The van der Waals surface area contributed by atoms with Gasteiger partial charge in [0.25, 0.3) is 5.91 Å². The Bertz CT molecular complexity index is 945. The molecule has 26 heavy (non-hydrogen) atoms. The summed E-state index contributed by atoms with van der Waals surface area (Å²) < 4.78 is 25.4. The Morgan fingerprint density at radius 1 is 1.31 bits per heavy atom. The molecule has 8 heteroatoms. The largest absolute Gasteiger partial charge is 0.307 e. The lowest BCUT2D eigenvalue weighted by atomic mass is 9.92. The Kier molecular flexibility index (Phi) is 4.88. The standard InChI is InChI=1S/C18H22ClN3O3S/c1-18(2,3)15-10-16(20-17(23)13-6-4-5-7-14(13)19)22(21-15)12-8-9-26(24,25)11-12/h4-7,10,12H,8-9,11H2,1-3H3,(H,20,23)/t12-/m1/s1. The van der Waals surface area contributed by atoms with Crippen molar-refractivity contribution in [1.82, 2.24) is 9.78 Å². The van der Waals surface area contributed by atoms with E-state index < -0.39 is 9.84 Å². The van der Waals surface area contributed by atoms with Crippen LogP contribution in [0.2, 0.25) is 5.02 Å². The zero-order chi connectivity index (χ0) is 19.1. The van der Waals surface area contributed by atoms with Crippen LogP contribution in [0.4, 0.5) is 5.82 Å². The number of nitrogens with one attached hydrogen (secondary N) is 1. The Labute approximate surface area is 158 Å². The van der Waals surface area contributed by atoms with Crippen molar-refractivity contribution in [2.45, 2.75) is 38.6 Å². The molecule has 1 aromatic carbocycles. The van der Waals surface area contributed by atoms with Gasteiger partial charge in [-0.3, -0.25) is 4.79 Å². The molecular weight excluding hydrogens is 374 g/mol. The summed E-state index contributed by atoms with van der Waals surface area (Å²) in [5, 5.41) is 7.81. The SMILES string of the molecule is CC(C)(C)c1cc(NC(=O)c2ccccc2Cl)n([C@@H]2CCS(=O)(=O)C2)n1. The van der Waals surface area contributed by atoms with Gasteiger partial charge in [-0.15, -0.1) is 0 Å². The Morgan fingerprint density at radius 3 is 2.58 bits per heavy atom. The predicted octanol–water partition coefficient (Wildman–Crippen LogP) is 3.45. The van der Waals surface area contributed by atoms with E-state index in [2.05, 4.69) is 10.4 Å². The average molecular weight is 396 g/mol. The second-order valence-electron chi connectivity index (χ2n) is 7.60. The minimum Gasteiger partial charge on any atom is -0.307 e. The molecule has 1 amide bonds. The van der Waals surface area contributed by atoms with E-state index >= 15 is 0 Å². The number of hydrogen-bond donors (Lipinski definition) is 1. The molecule has 0 bridgehead atoms. The highest BCUT2D eigenvalue weighted by Crippen LogP contribution is 2.31. The number of carbonyl (C=O) groups is 1. The third kappa shape index (κ3) is 3.94. The lowest BCUT2D eigenvalue weighted by molar-refractivity contribution is 0.102. The number of carbonyl (C=O) groups excluding carboxylic acids is 1. The van der Waals surface area contributed by atoms with Crippen LogP contribution in [-0.2, 0) is 15.3 Å². The van der Waals surface area contributed by atoms with Crippen molar-refractivity contribution < 1.29 is 13.2 Å². The molecular formula is C18H22ClN3O3S. The van der Waals surface area contributed by atoms with Crippen molar-refractivity contribution in [3.63, 3.8) is 0 Å². The summed E-state index contributed by atoms with van der Waals surface area (Å²) in [5.74, 6) is 0.313. The first-order chi connectivity index (χ1) is 12.1. The fraction of sp³-hybridized carbons (Fsp3) is 0.444. The zero-order valence-electron chi connectivity index (χ0n) is 15.0. The predicted molar refractivity (Wildman–Crippen MR) is 103 cm³/mol. The van der Waals surface area contributed by atoms with Gasteiger partial charge >= 0.3 is 0 Å². The average Bonchev–Trinajstić information content (AvgIpc) is 3.10. The monoisotopic (exact) mass is 395 g/mol. The molecule has 1 fully saturated rings. The number of sulfone groups is 1. The molecule has 1 atom stereocenters. The van der Waals surface area contributed by atoms with Gasteiger partial charge in [-0.25, -0.2) is 13.1 Å². The number of anilines is 1. The van der Waals surface area contributed by atoms with Gasteiger partial charge < -0.3 is 5.32 Å². The van der Waals surface area contributed by atoms with Crippen LogP contribution in [0, 0.1) is 0 Å². The maximum Gasteiger partial charge on any atom is 0.258 e. The van der Waals surface area contributed by atoms with E-state index in [0.29, 0.717) is 22.8 Å². The Morgan fingerprint density at radius 2 is 2.00 bits per heavy atom. The summed E-state index contributed by atoms with van der Waals surface area (Å²) in [4.78, 5) is 12.6. The minimum absolute atomic E-state index is 0.0349. The molecule has 0 aliphatic carbocycles. The van der Waals surface area contributed by atoms with Crippen molar-refractivity contribution in [2.75, 3.05) is 16.8 Å². The van der Waals surface area contributed by atoms with Gasteiger partial charge in [0.05, 0.1) is 33.8 Å². The molecule has 1 aliphatic rings. The van der Waals surface area contributed by atoms with E-state index in [1.807, 2.05) is 20.8 Å². The molecule has 0 unspecified atom stereocenters. The molecule has 3 rings (SSSR count). The summed E-state index contributed by atoms with van der Waals surface area (Å²) in [5.41, 5.74) is 0.918. The van der Waals surface area contributed by atoms with Gasteiger partial charge in [-0.05, 0) is 18.6 Å². The van der Waals surface area contributed by atoms with E-state index in [1.165, 1.54) is 0 Å². The van der Waals surface area contributed by atoms with Gasteiger partial charge in [-0.2, -0.15) is 5.10 Å². The summed E-state index contributed by atoms with van der Waals surface area (Å²) >= 11 is 6.10. The third-order valence-electron chi connectivity index (χ3n) is 4.42. The number of benzene rings is 1. The van der Waals surface area contributed by atoms with Gasteiger partial charge in [0.15, 0.2) is 9.84 Å². The van der Waals surface area contributed by atoms with Crippen LogP contribution in [0.3, 0.4) is 0 Å². The number of aromatic nitrogens is 2. The van der Waals surface area contributed by atoms with Crippen molar-refractivity contribution >= 4 is 33.2 Å². The minimum atomic E-state index is -3.07. The zero-order valence-corrected chi connectivity index (χ0v) is 16.6. The fourth-order valence-electron chi connectivity index (χ4n) is 2.93. The maximum absolute atomic E-state index is 12.6. The van der Waals surface area contributed by atoms with Crippen molar-refractivity contribution in [2.24, 2.45) is 0 Å². The Hall–Kier alpha value is -1.86. The summed E-state index contributed by atoms with van der Waals surface area (Å²) in [6.45, 7) is 6.06. The number of halogens is 1. The molecule has 0 spiro atoms. The number of nitrogens with zero attached hydrogens (tertiary/aromatic N) is 2. The number of rotatable bonds is 3. The number of hydrogen-bond acceptors (Lipinski definition) is 4. The third-order valence-corrected chi connectivity index (χ3v) is 6.50. The van der Waals surface area contributed by atoms with Crippen LogP contribution in [0.15, 0.2) is 30.3 Å². The first-order valence-electron chi connectivity index (χ1n) is 8.43. The van der Waals surface area contributed by atoms with Crippen LogP contribution in [0.25, 0.3) is 0 Å². The van der Waals surface area contributed by atoms with Crippen LogP contribution in [0.1, 0.15) is 49.3 Å². The highest BCUT2D eigenvalue weighted by molar-refractivity contribution is 7.91. The molecule has 0 radical (unpaired) electrons. The van der Waals surface area contributed by atoms with Gasteiger partial charge in [0.1, 0.15) is 5.82 Å². The van der Waals surface area contributed by atoms with E-state index in [1.54, 1.807) is 35.0 Å². The summed E-state index contributed by atoms with van der Waals surface area (Å²) in [7, 11) is -3.07. The molecule has 1 aromatic heterocycles. The first kappa shape index (κ1) is 18.9. The second kappa shape index (κ2) is 6.70. The smallest absolute Gasteiger partial charge is 0.258 e. The molecule has 140 valence electrons. The first-order valence-corrected chi connectivity index (χ1v) is 10.6. The molecule has 1 aliphatic heterocycles. The topological polar surface area (TPSA) is 81.1 Å². The van der Waals surface area contributed by atoms with Crippen LogP contribution < -0.4 is 5.32 Å². The number of amides is 1. The molecule has 6 nitrogen and oxygen atoms in total. The second-order valence-corrected chi connectivity index (χ2v) is 10.2. The van der Waals surface area contributed by atoms with E-state index in [4.69, 9.17) is 11.6 Å². The van der Waals surface area contributed by atoms with E-state index in [-0.39, 0.29) is 28.9 Å². The van der Waals surface area contributed by atoms with Gasteiger partial charge in [0.2, 0.25) is 0 Å². The fourth-order valence-corrected chi connectivity index (χ4v) is 4.84. The molecule has 1 saturated heterocycles. The van der Waals surface area contributed by atoms with Crippen molar-refractivity contribution in [3.8, 4) is 0 Å². The maximum atomic E-state index is 12.6. The van der Waals surface area contributed by atoms with Crippen LogP contribution >= 0.6 is 11.6 Å².